The second kappa shape index (κ2) is 7.94. The molecule has 2 aromatic carbocycles. The minimum atomic E-state index is -0.253. The maximum Gasteiger partial charge on any atom is 0.266 e. The Hall–Kier alpha value is -2.63. The van der Waals surface area contributed by atoms with Gasteiger partial charge in [-0.15, -0.1) is 11.3 Å². The highest BCUT2D eigenvalue weighted by molar-refractivity contribution is 7.12. The average Bonchev–Trinajstić information content (AvgIpc) is 3.13. The van der Waals surface area contributed by atoms with Gasteiger partial charge in [-0.25, -0.2) is 0 Å². The van der Waals surface area contributed by atoms with Gasteiger partial charge in [0.1, 0.15) is 0 Å². The van der Waals surface area contributed by atoms with E-state index in [1.165, 1.54) is 16.2 Å². The number of rotatable bonds is 4. The molecule has 0 spiro atoms. The minimum absolute atomic E-state index is 0.154. The summed E-state index contributed by atoms with van der Waals surface area (Å²) in [5.41, 5.74) is 3.89. The van der Waals surface area contributed by atoms with Crippen LogP contribution in [0.2, 0.25) is 5.02 Å². The van der Waals surface area contributed by atoms with E-state index in [1.54, 1.807) is 32.3 Å². The van der Waals surface area contributed by atoms with E-state index in [0.717, 1.165) is 16.7 Å². The molecule has 3 aromatic rings. The van der Waals surface area contributed by atoms with Crippen LogP contribution in [0.4, 0.5) is 5.69 Å². The van der Waals surface area contributed by atoms with Gasteiger partial charge in [-0.05, 0) is 42.1 Å². The summed E-state index contributed by atoms with van der Waals surface area (Å²) in [6.07, 6.45) is 0. The lowest BCUT2D eigenvalue weighted by Gasteiger charge is -2.13. The summed E-state index contributed by atoms with van der Waals surface area (Å²) in [6, 6.07) is 14.8. The van der Waals surface area contributed by atoms with Crippen LogP contribution in [-0.4, -0.2) is 30.8 Å². The number of benzene rings is 2. The van der Waals surface area contributed by atoms with Crippen LogP contribution in [0.1, 0.15) is 25.6 Å². The fourth-order valence-electron chi connectivity index (χ4n) is 2.64. The molecule has 6 heteroatoms. The summed E-state index contributed by atoms with van der Waals surface area (Å²) in [6.45, 7) is 2.02. The number of amides is 2. The van der Waals surface area contributed by atoms with Crippen LogP contribution in [-0.2, 0) is 0 Å². The highest BCUT2D eigenvalue weighted by Crippen LogP contribution is 2.31. The molecule has 3 rings (SSSR count). The number of aryl methyl sites for hydroxylation is 1. The Morgan fingerprint density at radius 3 is 2.41 bits per heavy atom. The molecule has 0 bridgehead atoms. The number of carbonyl (C=O) groups excluding carboxylic acids is 2. The highest BCUT2D eigenvalue weighted by Gasteiger charge is 2.17. The van der Waals surface area contributed by atoms with Crippen molar-refractivity contribution in [2.24, 2.45) is 0 Å². The lowest BCUT2D eigenvalue weighted by atomic mass is 10.0. The van der Waals surface area contributed by atoms with Crippen molar-refractivity contribution in [1.82, 2.24) is 4.90 Å². The molecule has 4 nitrogen and oxygen atoms in total. The Balaban J connectivity index is 1.89. The van der Waals surface area contributed by atoms with E-state index >= 15 is 0 Å². The molecule has 0 radical (unpaired) electrons. The van der Waals surface area contributed by atoms with Crippen molar-refractivity contribution in [2.75, 3.05) is 19.4 Å². The van der Waals surface area contributed by atoms with Gasteiger partial charge in [-0.3, -0.25) is 9.59 Å². The van der Waals surface area contributed by atoms with Crippen molar-refractivity contribution in [3.8, 4) is 11.1 Å². The van der Waals surface area contributed by atoms with Crippen LogP contribution in [0, 0.1) is 6.92 Å². The first kappa shape index (κ1) is 19.1. The molecule has 0 aliphatic rings. The monoisotopic (exact) mass is 398 g/mol. The first-order valence-electron chi connectivity index (χ1n) is 8.34. The molecule has 0 aliphatic carbocycles. The molecule has 0 saturated carbocycles. The number of halogens is 1. The zero-order valence-corrected chi connectivity index (χ0v) is 16.8. The minimum Gasteiger partial charge on any atom is -0.345 e. The molecule has 27 heavy (non-hydrogen) atoms. The SMILES string of the molecule is Cc1ccc(-c2ccsc2C(=O)Nc2cc(C(=O)N(C)C)ccc2Cl)cc1. The quantitative estimate of drug-likeness (QED) is 0.645. The maximum atomic E-state index is 12.8. The van der Waals surface area contributed by atoms with Crippen molar-refractivity contribution in [2.45, 2.75) is 6.92 Å². The van der Waals surface area contributed by atoms with E-state index in [4.69, 9.17) is 11.6 Å². The zero-order valence-electron chi connectivity index (χ0n) is 15.2. The van der Waals surface area contributed by atoms with Gasteiger partial charge in [0, 0.05) is 25.2 Å². The summed E-state index contributed by atoms with van der Waals surface area (Å²) < 4.78 is 0. The third kappa shape index (κ3) is 4.21. The number of anilines is 1. The summed E-state index contributed by atoms with van der Waals surface area (Å²) in [7, 11) is 3.35. The average molecular weight is 399 g/mol. The van der Waals surface area contributed by atoms with Gasteiger partial charge in [-0.2, -0.15) is 0 Å². The Morgan fingerprint density at radius 1 is 1.04 bits per heavy atom. The molecular formula is C21H19ClN2O2S. The second-order valence-corrected chi connectivity index (χ2v) is 7.70. The van der Waals surface area contributed by atoms with Crippen LogP contribution >= 0.6 is 22.9 Å². The van der Waals surface area contributed by atoms with E-state index in [-0.39, 0.29) is 11.8 Å². The van der Waals surface area contributed by atoms with Gasteiger partial charge in [0.15, 0.2) is 0 Å². The van der Waals surface area contributed by atoms with Crippen molar-refractivity contribution < 1.29 is 9.59 Å². The molecule has 1 heterocycles. The molecule has 0 fully saturated rings. The molecule has 0 saturated heterocycles. The fraction of sp³-hybridized carbons (Fsp3) is 0.143. The predicted molar refractivity (Wildman–Crippen MR) is 112 cm³/mol. The molecular weight excluding hydrogens is 380 g/mol. The van der Waals surface area contributed by atoms with Crippen molar-refractivity contribution in [3.05, 3.63) is 74.9 Å². The number of carbonyl (C=O) groups is 2. The van der Waals surface area contributed by atoms with Crippen LogP contribution < -0.4 is 5.32 Å². The predicted octanol–water partition coefficient (Wildman–Crippen LogP) is 5.33. The van der Waals surface area contributed by atoms with Crippen LogP contribution in [0.3, 0.4) is 0 Å². The number of hydrogen-bond acceptors (Lipinski definition) is 3. The van der Waals surface area contributed by atoms with Crippen molar-refractivity contribution in [1.29, 1.82) is 0 Å². The van der Waals surface area contributed by atoms with Gasteiger partial charge >= 0.3 is 0 Å². The summed E-state index contributed by atoms with van der Waals surface area (Å²) in [5, 5.41) is 5.11. The summed E-state index contributed by atoms with van der Waals surface area (Å²) in [4.78, 5) is 27.1. The van der Waals surface area contributed by atoms with Gasteiger partial charge in [0.2, 0.25) is 0 Å². The smallest absolute Gasteiger partial charge is 0.266 e. The van der Waals surface area contributed by atoms with Gasteiger partial charge < -0.3 is 10.2 Å². The molecule has 138 valence electrons. The van der Waals surface area contributed by atoms with Crippen molar-refractivity contribution >= 4 is 40.4 Å². The third-order valence-electron chi connectivity index (χ3n) is 4.10. The van der Waals surface area contributed by atoms with Crippen molar-refractivity contribution in [3.63, 3.8) is 0 Å². The second-order valence-electron chi connectivity index (χ2n) is 6.38. The normalized spacial score (nSPS) is 10.5. The van der Waals surface area contributed by atoms with Gasteiger partial charge in [0.05, 0.1) is 15.6 Å². The molecule has 1 N–H and O–H groups in total. The summed E-state index contributed by atoms with van der Waals surface area (Å²) in [5.74, 6) is -0.407. The number of nitrogens with zero attached hydrogens (tertiary/aromatic N) is 1. The lowest BCUT2D eigenvalue weighted by molar-refractivity contribution is 0.0827. The Kier molecular flexibility index (Phi) is 5.63. The van der Waals surface area contributed by atoms with Crippen LogP contribution in [0.5, 0.6) is 0 Å². The molecule has 0 unspecified atom stereocenters. The van der Waals surface area contributed by atoms with Crippen LogP contribution in [0.15, 0.2) is 53.9 Å². The number of thiophene rings is 1. The molecule has 2 amide bonds. The Bertz CT molecular complexity index is 994. The molecule has 0 atom stereocenters. The first-order chi connectivity index (χ1) is 12.9. The van der Waals surface area contributed by atoms with E-state index in [0.29, 0.717) is 21.2 Å². The van der Waals surface area contributed by atoms with Gasteiger partial charge in [0.25, 0.3) is 11.8 Å². The van der Waals surface area contributed by atoms with E-state index in [2.05, 4.69) is 5.32 Å². The maximum absolute atomic E-state index is 12.8. The Labute approximate surface area is 167 Å². The Morgan fingerprint density at radius 2 is 1.74 bits per heavy atom. The van der Waals surface area contributed by atoms with E-state index < -0.39 is 0 Å². The highest BCUT2D eigenvalue weighted by atomic mass is 35.5. The van der Waals surface area contributed by atoms with Crippen LogP contribution in [0.25, 0.3) is 11.1 Å². The van der Waals surface area contributed by atoms with E-state index in [1.807, 2.05) is 42.6 Å². The molecule has 0 aliphatic heterocycles. The first-order valence-corrected chi connectivity index (χ1v) is 9.59. The standard InChI is InChI=1S/C21H19ClN2O2S/c1-13-4-6-14(7-5-13)16-10-11-27-19(16)20(25)23-18-12-15(8-9-17(18)22)21(26)24(2)3/h4-12H,1-3H3,(H,23,25). The third-order valence-corrected chi connectivity index (χ3v) is 5.34. The fourth-order valence-corrected chi connectivity index (χ4v) is 3.61. The topological polar surface area (TPSA) is 49.4 Å². The molecule has 1 aromatic heterocycles. The van der Waals surface area contributed by atoms with E-state index in [9.17, 15) is 9.59 Å². The zero-order chi connectivity index (χ0) is 19.6. The van der Waals surface area contributed by atoms with Gasteiger partial charge in [-0.1, -0.05) is 41.4 Å². The summed E-state index contributed by atoms with van der Waals surface area (Å²) >= 11 is 7.59. The number of nitrogens with one attached hydrogen (secondary N) is 1. The number of hydrogen-bond donors (Lipinski definition) is 1. The lowest BCUT2D eigenvalue weighted by Crippen LogP contribution is -2.22. The largest absolute Gasteiger partial charge is 0.345 e.